The molecule has 13 heteroatoms. The molecule has 4 amide bonds. The number of piperidine rings is 1. The van der Waals surface area contributed by atoms with Gasteiger partial charge < -0.3 is 35.6 Å². The number of methoxy groups -OCH3 is 1. The van der Waals surface area contributed by atoms with Crippen molar-refractivity contribution in [2.24, 2.45) is 5.73 Å². The van der Waals surface area contributed by atoms with E-state index in [9.17, 15) is 14.4 Å². The average molecular weight is 659 g/mol. The molecule has 1 aliphatic rings. The predicted molar refractivity (Wildman–Crippen MR) is 180 cm³/mol. The van der Waals surface area contributed by atoms with Gasteiger partial charge in [0.1, 0.15) is 11.5 Å². The van der Waals surface area contributed by atoms with Crippen molar-refractivity contribution in [3.63, 3.8) is 0 Å². The quantitative estimate of drug-likeness (QED) is 0.216. The molecule has 0 aliphatic carbocycles. The fraction of sp³-hybridized carbons (Fsp3) is 0.265. The van der Waals surface area contributed by atoms with Gasteiger partial charge in [-0.1, -0.05) is 30.3 Å². The fourth-order valence-electron chi connectivity index (χ4n) is 5.53. The Morgan fingerprint density at radius 2 is 1.79 bits per heavy atom. The van der Waals surface area contributed by atoms with Gasteiger partial charge in [0.15, 0.2) is 16.7 Å². The Hall–Kier alpha value is -5.30. The Morgan fingerprint density at radius 3 is 2.45 bits per heavy atom. The summed E-state index contributed by atoms with van der Waals surface area (Å²) in [5.41, 5.74) is 7.37. The van der Waals surface area contributed by atoms with Gasteiger partial charge in [0, 0.05) is 55.1 Å². The maximum Gasteiger partial charge on any atom is 0.317 e. The van der Waals surface area contributed by atoms with Gasteiger partial charge in [-0.2, -0.15) is 0 Å². The van der Waals surface area contributed by atoms with Crippen LogP contribution >= 0.6 is 12.2 Å². The molecule has 1 aromatic heterocycles. The lowest BCUT2D eigenvalue weighted by Gasteiger charge is -2.39. The molecule has 4 N–H and O–H groups in total. The highest BCUT2D eigenvalue weighted by Gasteiger charge is 2.30. The molecule has 1 saturated heterocycles. The van der Waals surface area contributed by atoms with E-state index in [1.54, 1.807) is 28.0 Å². The van der Waals surface area contributed by atoms with Crippen LogP contribution in [0.15, 0.2) is 72.9 Å². The van der Waals surface area contributed by atoms with Crippen LogP contribution in [0.5, 0.6) is 17.2 Å². The van der Waals surface area contributed by atoms with Crippen molar-refractivity contribution < 1.29 is 28.2 Å². The standard InChI is InChI=1S/C34H35FN6O5S/c1-3-37-33(44)40-15-12-22(13-16-40)41(34(47)39-31(42)17-21-7-5-4-6-8-21)23-9-10-29(26(35)18-23)46-28-11-14-38-27-20-30(45-2)25(32(36)43)19-24(27)28/h4-11,14,18-20,22H,3,12-13,15-17H2,1-2H3,(H2,36,43)(H,37,44)(H,39,42,47). The molecule has 2 heterocycles. The van der Waals surface area contributed by atoms with E-state index in [0.717, 1.165) is 5.56 Å². The summed E-state index contributed by atoms with van der Waals surface area (Å²) in [6, 6.07) is 17.9. The van der Waals surface area contributed by atoms with E-state index in [0.29, 0.717) is 49.1 Å². The number of ether oxygens (including phenoxy) is 2. The number of carbonyl (C=O) groups is 3. The summed E-state index contributed by atoms with van der Waals surface area (Å²) in [5.74, 6) is -1.25. The third-order valence-electron chi connectivity index (χ3n) is 7.82. The molecule has 0 unspecified atom stereocenters. The number of likely N-dealkylation sites (tertiary alicyclic amines) is 1. The summed E-state index contributed by atoms with van der Waals surface area (Å²) in [6.45, 7) is 3.30. The number of nitrogens with zero attached hydrogens (tertiary/aromatic N) is 3. The monoisotopic (exact) mass is 658 g/mol. The van der Waals surface area contributed by atoms with Crippen LogP contribution in [0.1, 0.15) is 35.7 Å². The Morgan fingerprint density at radius 1 is 1.04 bits per heavy atom. The zero-order chi connectivity index (χ0) is 33.5. The third kappa shape index (κ3) is 7.75. The Labute approximate surface area is 276 Å². The molecule has 47 heavy (non-hydrogen) atoms. The third-order valence-corrected chi connectivity index (χ3v) is 8.12. The predicted octanol–water partition coefficient (Wildman–Crippen LogP) is 4.92. The van der Waals surface area contributed by atoms with Crippen LogP contribution in [0.25, 0.3) is 10.9 Å². The summed E-state index contributed by atoms with van der Waals surface area (Å²) < 4.78 is 27.1. The second-order valence-corrected chi connectivity index (χ2v) is 11.3. The van der Waals surface area contributed by atoms with Gasteiger partial charge in [0.25, 0.3) is 5.91 Å². The number of nitrogens with two attached hydrogens (primary N) is 1. The molecular weight excluding hydrogens is 623 g/mol. The molecule has 5 rings (SSSR count). The number of amides is 4. The molecule has 0 radical (unpaired) electrons. The topological polar surface area (TPSA) is 139 Å². The largest absolute Gasteiger partial charge is 0.496 e. The van der Waals surface area contributed by atoms with Crippen molar-refractivity contribution in [1.29, 1.82) is 0 Å². The van der Waals surface area contributed by atoms with Crippen molar-refractivity contribution >= 4 is 51.8 Å². The van der Waals surface area contributed by atoms with E-state index < -0.39 is 11.7 Å². The summed E-state index contributed by atoms with van der Waals surface area (Å²) in [5, 5.41) is 6.20. The van der Waals surface area contributed by atoms with Gasteiger partial charge in [-0.3, -0.25) is 14.6 Å². The van der Waals surface area contributed by atoms with Crippen LogP contribution in [0.4, 0.5) is 14.9 Å². The van der Waals surface area contributed by atoms with Gasteiger partial charge in [-0.25, -0.2) is 9.18 Å². The molecule has 244 valence electrons. The number of benzene rings is 3. The van der Waals surface area contributed by atoms with E-state index in [2.05, 4.69) is 15.6 Å². The minimum absolute atomic E-state index is 0.0808. The Kier molecular flexibility index (Phi) is 10.5. The van der Waals surface area contributed by atoms with Crippen molar-refractivity contribution in [3.05, 3.63) is 89.9 Å². The molecule has 4 aromatic rings. The lowest BCUT2D eigenvalue weighted by Crippen LogP contribution is -2.54. The summed E-state index contributed by atoms with van der Waals surface area (Å²) in [4.78, 5) is 45.2. The highest BCUT2D eigenvalue weighted by molar-refractivity contribution is 7.80. The van der Waals surface area contributed by atoms with Crippen molar-refractivity contribution in [2.45, 2.75) is 32.2 Å². The highest BCUT2D eigenvalue weighted by Crippen LogP contribution is 2.35. The van der Waals surface area contributed by atoms with Crippen LogP contribution in [-0.2, 0) is 11.2 Å². The summed E-state index contributed by atoms with van der Waals surface area (Å²) in [7, 11) is 1.42. The second-order valence-electron chi connectivity index (χ2n) is 10.9. The maximum absolute atomic E-state index is 15.8. The van der Waals surface area contributed by atoms with Gasteiger partial charge in [-0.15, -0.1) is 0 Å². The molecule has 0 bridgehead atoms. The number of pyridine rings is 1. The number of primary amides is 1. The smallest absolute Gasteiger partial charge is 0.317 e. The number of aromatic nitrogens is 1. The SMILES string of the molecule is CCNC(=O)N1CCC(N(C(=S)NC(=O)Cc2ccccc2)c2ccc(Oc3ccnc4cc(OC)c(C(N)=O)cc34)c(F)c2)CC1. The zero-order valence-corrected chi connectivity index (χ0v) is 26.8. The van der Waals surface area contributed by atoms with Crippen molar-refractivity contribution in [2.75, 3.05) is 31.6 Å². The molecule has 1 fully saturated rings. The molecule has 0 saturated carbocycles. The number of fused-ring (bicyclic) bond motifs is 1. The van der Waals surface area contributed by atoms with E-state index >= 15 is 4.39 Å². The zero-order valence-electron chi connectivity index (χ0n) is 26.0. The number of anilines is 1. The van der Waals surface area contributed by atoms with Crippen LogP contribution < -0.4 is 30.7 Å². The number of hydrogen-bond acceptors (Lipinski definition) is 7. The summed E-state index contributed by atoms with van der Waals surface area (Å²) >= 11 is 5.73. The average Bonchev–Trinajstić information content (AvgIpc) is 3.06. The second kappa shape index (κ2) is 14.9. The highest BCUT2D eigenvalue weighted by atomic mass is 32.1. The number of rotatable bonds is 9. The van der Waals surface area contributed by atoms with Crippen LogP contribution in [0.2, 0.25) is 0 Å². The molecule has 0 atom stereocenters. The number of nitrogens with one attached hydrogen (secondary N) is 2. The first kappa shape index (κ1) is 33.1. The maximum atomic E-state index is 15.8. The minimum atomic E-state index is -0.696. The van der Waals surface area contributed by atoms with Crippen molar-refractivity contribution in [3.8, 4) is 17.2 Å². The van der Waals surface area contributed by atoms with Gasteiger partial charge in [0.05, 0.1) is 24.6 Å². The molecule has 0 spiro atoms. The van der Waals surface area contributed by atoms with Gasteiger partial charge in [0.2, 0.25) is 5.91 Å². The van der Waals surface area contributed by atoms with Crippen LogP contribution in [-0.4, -0.2) is 65.6 Å². The van der Waals surface area contributed by atoms with E-state index in [1.807, 2.05) is 37.3 Å². The number of carbonyl (C=O) groups excluding carboxylic acids is 3. The molecule has 1 aliphatic heterocycles. The van der Waals surface area contributed by atoms with E-state index in [1.165, 1.54) is 31.5 Å². The Balaban J connectivity index is 1.41. The number of hydrogen-bond donors (Lipinski definition) is 3. The van der Waals surface area contributed by atoms with Crippen LogP contribution in [0, 0.1) is 5.82 Å². The first-order valence-corrected chi connectivity index (χ1v) is 15.5. The van der Waals surface area contributed by atoms with Gasteiger partial charge >= 0.3 is 6.03 Å². The molecular formula is C34H35FN6O5S. The normalized spacial score (nSPS) is 13.1. The Bertz CT molecular complexity index is 1800. The molecule has 3 aromatic carbocycles. The lowest BCUT2D eigenvalue weighted by atomic mass is 10.0. The number of thiocarbonyl (C=S) groups is 1. The summed E-state index contributed by atoms with van der Waals surface area (Å²) in [6.07, 6.45) is 2.70. The number of halogens is 1. The number of urea groups is 1. The molecule has 11 nitrogen and oxygen atoms in total. The first-order chi connectivity index (χ1) is 22.7. The lowest BCUT2D eigenvalue weighted by molar-refractivity contribution is -0.119. The van der Waals surface area contributed by atoms with Crippen molar-refractivity contribution in [1.82, 2.24) is 20.5 Å². The fourth-order valence-corrected chi connectivity index (χ4v) is 5.90. The van der Waals surface area contributed by atoms with E-state index in [-0.39, 0.29) is 52.3 Å². The first-order valence-electron chi connectivity index (χ1n) is 15.1. The minimum Gasteiger partial charge on any atom is -0.496 e. The van der Waals surface area contributed by atoms with E-state index in [4.69, 9.17) is 27.4 Å². The van der Waals surface area contributed by atoms with Crippen LogP contribution in [0.3, 0.4) is 0 Å². The van der Waals surface area contributed by atoms with Gasteiger partial charge in [-0.05, 0) is 61.8 Å².